The summed E-state index contributed by atoms with van der Waals surface area (Å²) in [5.74, 6) is -0.984. The largest absolute Gasteiger partial charge is 0.323 e. The Balaban J connectivity index is 1.74. The van der Waals surface area contributed by atoms with E-state index in [-0.39, 0.29) is 35.4 Å². The maximum absolute atomic E-state index is 13.4. The molecule has 0 radical (unpaired) electrons. The van der Waals surface area contributed by atoms with Gasteiger partial charge in [-0.25, -0.2) is 17.6 Å². The van der Waals surface area contributed by atoms with Gasteiger partial charge >= 0.3 is 6.03 Å². The number of piperidine rings is 1. The molecule has 1 aromatic rings. The number of carbonyl (C=O) groups excluding carboxylic acids is 2. The highest BCUT2D eigenvalue weighted by Gasteiger charge is 2.49. The fraction of sp³-hybridized carbons (Fsp3) is 0.500. The predicted octanol–water partition coefficient (Wildman–Crippen LogP) is 1.13. The summed E-state index contributed by atoms with van der Waals surface area (Å²) in [6.07, 6.45) is 0.896. The predicted molar refractivity (Wildman–Crippen MR) is 87.7 cm³/mol. The van der Waals surface area contributed by atoms with Crippen molar-refractivity contribution in [2.45, 2.75) is 37.1 Å². The molecule has 1 atom stereocenters. The number of nitrogens with one attached hydrogen (secondary N) is 2. The van der Waals surface area contributed by atoms with E-state index < -0.39 is 27.4 Å². The second kappa shape index (κ2) is 6.06. The molecule has 2 N–H and O–H groups in total. The van der Waals surface area contributed by atoms with Gasteiger partial charge < -0.3 is 5.32 Å². The Kier molecular flexibility index (Phi) is 4.32. The van der Waals surface area contributed by atoms with Crippen molar-refractivity contribution < 1.29 is 22.4 Å². The van der Waals surface area contributed by atoms with Crippen molar-refractivity contribution in [3.63, 3.8) is 0 Å². The third-order valence-electron chi connectivity index (χ3n) is 5.11. The molecular formula is C16H20FN3O4S. The molecule has 25 heavy (non-hydrogen) atoms. The van der Waals surface area contributed by atoms with Gasteiger partial charge in [-0.05, 0) is 56.4 Å². The third-order valence-corrected chi connectivity index (χ3v) is 7.00. The lowest BCUT2D eigenvalue weighted by atomic mass is 9.79. The van der Waals surface area contributed by atoms with Crippen LogP contribution in [0.15, 0.2) is 23.1 Å². The quantitative estimate of drug-likeness (QED) is 0.781. The van der Waals surface area contributed by atoms with E-state index in [1.54, 1.807) is 6.92 Å². The highest BCUT2D eigenvalue weighted by atomic mass is 32.2. The number of amides is 3. The van der Waals surface area contributed by atoms with Crippen LogP contribution in [0.3, 0.4) is 0 Å². The molecule has 0 bridgehead atoms. The number of halogens is 1. The minimum atomic E-state index is -3.71. The summed E-state index contributed by atoms with van der Waals surface area (Å²) in [6.45, 7) is 3.65. The number of hydrogen-bond acceptors (Lipinski definition) is 4. The van der Waals surface area contributed by atoms with Gasteiger partial charge in [0.1, 0.15) is 11.4 Å². The number of benzene rings is 1. The van der Waals surface area contributed by atoms with Crippen molar-refractivity contribution in [1.82, 2.24) is 14.9 Å². The molecule has 3 amide bonds. The number of carbonyl (C=O) groups is 2. The summed E-state index contributed by atoms with van der Waals surface area (Å²) in [7, 11) is -3.71. The number of urea groups is 1. The third kappa shape index (κ3) is 3.02. The van der Waals surface area contributed by atoms with Crippen LogP contribution in [0, 0.1) is 18.7 Å². The van der Waals surface area contributed by atoms with Crippen molar-refractivity contribution >= 4 is 22.0 Å². The Morgan fingerprint density at radius 1 is 1.24 bits per heavy atom. The number of rotatable bonds is 3. The van der Waals surface area contributed by atoms with Crippen molar-refractivity contribution in [2.75, 3.05) is 13.1 Å². The summed E-state index contributed by atoms with van der Waals surface area (Å²) < 4.78 is 40.2. The Labute approximate surface area is 145 Å². The highest BCUT2D eigenvalue weighted by molar-refractivity contribution is 7.89. The van der Waals surface area contributed by atoms with Gasteiger partial charge in [-0.1, -0.05) is 0 Å². The van der Waals surface area contributed by atoms with Gasteiger partial charge in [0.2, 0.25) is 10.0 Å². The number of imide groups is 1. The van der Waals surface area contributed by atoms with E-state index >= 15 is 0 Å². The van der Waals surface area contributed by atoms with Crippen LogP contribution < -0.4 is 10.6 Å². The zero-order valence-electron chi connectivity index (χ0n) is 14.0. The van der Waals surface area contributed by atoms with Gasteiger partial charge in [0.15, 0.2) is 0 Å². The van der Waals surface area contributed by atoms with Crippen molar-refractivity contribution in [1.29, 1.82) is 0 Å². The van der Waals surface area contributed by atoms with Crippen LogP contribution in [0.25, 0.3) is 0 Å². The van der Waals surface area contributed by atoms with E-state index in [9.17, 15) is 22.4 Å². The first kappa shape index (κ1) is 17.8. The minimum absolute atomic E-state index is 0.0583. The molecular weight excluding hydrogens is 349 g/mol. The van der Waals surface area contributed by atoms with E-state index in [2.05, 4.69) is 10.6 Å². The molecule has 2 heterocycles. The van der Waals surface area contributed by atoms with Crippen molar-refractivity contribution in [2.24, 2.45) is 5.92 Å². The van der Waals surface area contributed by atoms with Gasteiger partial charge in [-0.15, -0.1) is 0 Å². The van der Waals surface area contributed by atoms with Crippen LogP contribution in [0.1, 0.15) is 25.3 Å². The fourth-order valence-corrected chi connectivity index (χ4v) is 5.00. The molecule has 2 saturated heterocycles. The van der Waals surface area contributed by atoms with Gasteiger partial charge in [0, 0.05) is 13.1 Å². The van der Waals surface area contributed by atoms with Crippen LogP contribution in [0.2, 0.25) is 0 Å². The van der Waals surface area contributed by atoms with Crippen LogP contribution in [0.4, 0.5) is 9.18 Å². The normalized spacial score (nSPS) is 25.7. The molecule has 7 nitrogen and oxygen atoms in total. The summed E-state index contributed by atoms with van der Waals surface area (Å²) >= 11 is 0. The topological polar surface area (TPSA) is 95.6 Å². The smallest absolute Gasteiger partial charge is 0.322 e. The standard InChI is InChI=1S/C16H20FN3O4S/c1-10-9-12(3-4-13(10)17)25(23,24)20-7-5-11(6-8-20)16(2)14(21)18-15(22)19-16/h3-4,9,11H,5-8H2,1-2H3,(H2,18,19,21,22). The number of aryl methyl sites for hydroxylation is 1. The first-order chi connectivity index (χ1) is 11.6. The van der Waals surface area contributed by atoms with Crippen LogP contribution >= 0.6 is 0 Å². The molecule has 9 heteroatoms. The van der Waals surface area contributed by atoms with Gasteiger partial charge in [-0.3, -0.25) is 10.1 Å². The molecule has 0 spiro atoms. The van der Waals surface area contributed by atoms with E-state index in [1.807, 2.05) is 0 Å². The van der Waals surface area contributed by atoms with E-state index in [0.29, 0.717) is 12.8 Å². The lowest BCUT2D eigenvalue weighted by Gasteiger charge is -2.38. The van der Waals surface area contributed by atoms with Crippen LogP contribution in [0.5, 0.6) is 0 Å². The van der Waals surface area contributed by atoms with E-state index in [4.69, 9.17) is 0 Å². The molecule has 136 valence electrons. The Bertz CT molecular complexity index is 834. The summed E-state index contributed by atoms with van der Waals surface area (Å²) in [4.78, 5) is 23.5. The molecule has 0 saturated carbocycles. The molecule has 1 aromatic carbocycles. The molecule has 0 aliphatic carbocycles. The molecule has 1 unspecified atom stereocenters. The fourth-order valence-electron chi connectivity index (χ4n) is 3.44. The monoisotopic (exact) mass is 369 g/mol. The zero-order chi connectivity index (χ0) is 18.4. The Morgan fingerprint density at radius 3 is 2.40 bits per heavy atom. The van der Waals surface area contributed by atoms with Gasteiger partial charge in [-0.2, -0.15) is 4.31 Å². The SMILES string of the molecule is Cc1cc(S(=O)(=O)N2CCC(C3(C)NC(=O)NC3=O)CC2)ccc1F. The second-order valence-corrected chi connectivity index (χ2v) is 8.64. The average Bonchev–Trinajstić information content (AvgIpc) is 2.83. The second-order valence-electron chi connectivity index (χ2n) is 6.70. The number of nitrogens with zero attached hydrogens (tertiary/aromatic N) is 1. The van der Waals surface area contributed by atoms with Crippen molar-refractivity contribution in [3.8, 4) is 0 Å². The van der Waals surface area contributed by atoms with E-state index in [0.717, 1.165) is 6.07 Å². The number of sulfonamides is 1. The minimum Gasteiger partial charge on any atom is -0.323 e. The molecule has 2 fully saturated rings. The maximum atomic E-state index is 13.4. The van der Waals surface area contributed by atoms with Gasteiger partial charge in [0.05, 0.1) is 4.90 Å². The van der Waals surface area contributed by atoms with Crippen LogP contribution in [-0.2, 0) is 14.8 Å². The van der Waals surface area contributed by atoms with Gasteiger partial charge in [0.25, 0.3) is 5.91 Å². The first-order valence-electron chi connectivity index (χ1n) is 8.04. The summed E-state index contributed by atoms with van der Waals surface area (Å²) in [6, 6.07) is 3.21. The zero-order valence-corrected chi connectivity index (χ0v) is 14.8. The first-order valence-corrected chi connectivity index (χ1v) is 9.48. The summed E-state index contributed by atoms with van der Waals surface area (Å²) in [5, 5.41) is 4.87. The summed E-state index contributed by atoms with van der Waals surface area (Å²) in [5.41, 5.74) is -0.742. The van der Waals surface area contributed by atoms with Crippen molar-refractivity contribution in [3.05, 3.63) is 29.6 Å². The van der Waals surface area contributed by atoms with E-state index in [1.165, 1.54) is 23.4 Å². The number of hydrogen-bond donors (Lipinski definition) is 2. The average molecular weight is 369 g/mol. The molecule has 0 aromatic heterocycles. The lowest BCUT2D eigenvalue weighted by molar-refractivity contribution is -0.125. The lowest BCUT2D eigenvalue weighted by Crippen LogP contribution is -2.54. The van der Waals surface area contributed by atoms with Crippen LogP contribution in [-0.4, -0.2) is 43.3 Å². The molecule has 3 rings (SSSR count). The highest BCUT2D eigenvalue weighted by Crippen LogP contribution is 2.32. The Hall–Kier alpha value is -2.00. The molecule has 2 aliphatic rings. The Morgan fingerprint density at radius 2 is 1.88 bits per heavy atom. The molecule has 2 aliphatic heterocycles. The maximum Gasteiger partial charge on any atom is 0.322 e.